The van der Waals surface area contributed by atoms with Crippen molar-refractivity contribution in [2.75, 3.05) is 44.9 Å². The molecule has 6 heteroatoms. The first kappa shape index (κ1) is 17.2. The van der Waals surface area contributed by atoms with Gasteiger partial charge in [0.1, 0.15) is 11.4 Å². The maximum atomic E-state index is 12.4. The molecule has 6 nitrogen and oxygen atoms in total. The van der Waals surface area contributed by atoms with Gasteiger partial charge < -0.3 is 19.7 Å². The zero-order chi connectivity index (χ0) is 17.5. The van der Waals surface area contributed by atoms with E-state index in [0.717, 1.165) is 36.5 Å². The zero-order valence-electron chi connectivity index (χ0n) is 14.4. The summed E-state index contributed by atoms with van der Waals surface area (Å²) in [6, 6.07) is 11.6. The van der Waals surface area contributed by atoms with Gasteiger partial charge in [0.2, 0.25) is 0 Å². The number of morpholine rings is 1. The van der Waals surface area contributed by atoms with Gasteiger partial charge in [-0.3, -0.25) is 9.78 Å². The largest absolute Gasteiger partial charge is 0.497 e. The molecule has 25 heavy (non-hydrogen) atoms. The Kier molecular flexibility index (Phi) is 5.85. The van der Waals surface area contributed by atoms with Crippen LogP contribution in [0.3, 0.4) is 0 Å². The molecule has 2 aromatic rings. The van der Waals surface area contributed by atoms with E-state index in [0.29, 0.717) is 25.5 Å². The average molecular weight is 341 g/mol. The summed E-state index contributed by atoms with van der Waals surface area (Å²) < 4.78 is 10.6. The Morgan fingerprint density at radius 1 is 1.28 bits per heavy atom. The zero-order valence-corrected chi connectivity index (χ0v) is 14.4. The number of hydrogen-bond acceptors (Lipinski definition) is 5. The van der Waals surface area contributed by atoms with Crippen molar-refractivity contribution in [2.24, 2.45) is 0 Å². The molecule has 0 saturated carbocycles. The number of amides is 1. The van der Waals surface area contributed by atoms with Crippen LogP contribution in [-0.4, -0.2) is 50.8 Å². The van der Waals surface area contributed by atoms with E-state index in [9.17, 15) is 4.79 Å². The molecule has 2 heterocycles. The van der Waals surface area contributed by atoms with Crippen LogP contribution in [0.25, 0.3) is 0 Å². The fourth-order valence-electron chi connectivity index (χ4n) is 2.80. The summed E-state index contributed by atoms with van der Waals surface area (Å²) in [6.45, 7) is 3.64. The van der Waals surface area contributed by atoms with Crippen LogP contribution in [0.1, 0.15) is 16.1 Å². The third-order valence-electron chi connectivity index (χ3n) is 4.19. The predicted molar refractivity (Wildman–Crippen MR) is 96.3 cm³/mol. The monoisotopic (exact) mass is 341 g/mol. The van der Waals surface area contributed by atoms with Crippen molar-refractivity contribution < 1.29 is 14.3 Å². The lowest BCUT2D eigenvalue weighted by molar-refractivity contribution is 0.0949. The molecular weight excluding hydrogens is 318 g/mol. The quantitative estimate of drug-likeness (QED) is 0.869. The third-order valence-corrected chi connectivity index (χ3v) is 4.19. The summed E-state index contributed by atoms with van der Waals surface area (Å²) in [5.41, 5.74) is 2.57. The molecule has 0 spiro atoms. The molecule has 1 fully saturated rings. The molecule has 0 unspecified atom stereocenters. The normalized spacial score (nSPS) is 14.2. The molecule has 1 aliphatic heterocycles. The molecule has 1 aliphatic rings. The van der Waals surface area contributed by atoms with Crippen LogP contribution in [0.15, 0.2) is 42.6 Å². The van der Waals surface area contributed by atoms with Gasteiger partial charge in [0.15, 0.2) is 0 Å². The number of anilines is 1. The predicted octanol–water partition coefficient (Wildman–Crippen LogP) is 1.90. The molecule has 0 atom stereocenters. The summed E-state index contributed by atoms with van der Waals surface area (Å²) >= 11 is 0. The standard InChI is InChI=1S/C19H23N3O3/c1-24-17-4-2-3-15(13-17)5-7-21-19(23)18-14-16(6-8-20-18)22-9-11-25-12-10-22/h2-4,6,8,13-14H,5,7,9-12H2,1H3,(H,21,23). The van der Waals surface area contributed by atoms with Gasteiger partial charge in [-0.2, -0.15) is 0 Å². The van der Waals surface area contributed by atoms with Crippen LogP contribution in [0.5, 0.6) is 5.75 Å². The Balaban J connectivity index is 1.55. The highest BCUT2D eigenvalue weighted by Crippen LogP contribution is 2.16. The number of rotatable bonds is 6. The molecule has 1 N–H and O–H groups in total. The van der Waals surface area contributed by atoms with Gasteiger partial charge >= 0.3 is 0 Å². The highest BCUT2D eigenvalue weighted by atomic mass is 16.5. The number of nitrogens with one attached hydrogen (secondary N) is 1. The van der Waals surface area contributed by atoms with Crippen LogP contribution in [-0.2, 0) is 11.2 Å². The van der Waals surface area contributed by atoms with Crippen LogP contribution < -0.4 is 15.0 Å². The number of aromatic nitrogens is 1. The Morgan fingerprint density at radius 3 is 2.92 bits per heavy atom. The number of carbonyl (C=O) groups is 1. The minimum Gasteiger partial charge on any atom is -0.497 e. The van der Waals surface area contributed by atoms with E-state index in [1.54, 1.807) is 13.3 Å². The molecule has 0 radical (unpaired) electrons. The van der Waals surface area contributed by atoms with E-state index in [1.165, 1.54) is 0 Å². The van der Waals surface area contributed by atoms with Crippen molar-refractivity contribution >= 4 is 11.6 Å². The summed E-state index contributed by atoms with van der Waals surface area (Å²) in [7, 11) is 1.65. The maximum absolute atomic E-state index is 12.4. The first-order chi connectivity index (χ1) is 12.3. The Labute approximate surface area is 147 Å². The van der Waals surface area contributed by atoms with Gasteiger partial charge in [-0.15, -0.1) is 0 Å². The Hall–Kier alpha value is -2.60. The van der Waals surface area contributed by atoms with E-state index < -0.39 is 0 Å². The molecule has 132 valence electrons. The smallest absolute Gasteiger partial charge is 0.269 e. The van der Waals surface area contributed by atoms with Gasteiger partial charge in [0.05, 0.1) is 20.3 Å². The lowest BCUT2D eigenvalue weighted by atomic mass is 10.1. The number of methoxy groups -OCH3 is 1. The van der Waals surface area contributed by atoms with E-state index in [1.807, 2.05) is 36.4 Å². The summed E-state index contributed by atoms with van der Waals surface area (Å²) in [4.78, 5) is 18.8. The van der Waals surface area contributed by atoms with E-state index in [4.69, 9.17) is 9.47 Å². The summed E-state index contributed by atoms with van der Waals surface area (Å²) in [5.74, 6) is 0.668. The van der Waals surface area contributed by atoms with E-state index in [2.05, 4.69) is 15.2 Å². The maximum Gasteiger partial charge on any atom is 0.269 e. The number of carbonyl (C=O) groups excluding carboxylic acids is 1. The van der Waals surface area contributed by atoms with Gasteiger partial charge in [0.25, 0.3) is 5.91 Å². The molecule has 3 rings (SSSR count). The second-order valence-corrected chi connectivity index (χ2v) is 5.86. The van der Waals surface area contributed by atoms with Gasteiger partial charge in [-0.25, -0.2) is 0 Å². The lowest BCUT2D eigenvalue weighted by Gasteiger charge is -2.28. The van der Waals surface area contributed by atoms with Gasteiger partial charge in [-0.1, -0.05) is 12.1 Å². The van der Waals surface area contributed by atoms with Crippen molar-refractivity contribution in [3.05, 3.63) is 53.9 Å². The number of ether oxygens (including phenoxy) is 2. The first-order valence-corrected chi connectivity index (χ1v) is 8.46. The second-order valence-electron chi connectivity index (χ2n) is 5.86. The molecular formula is C19H23N3O3. The second kappa shape index (κ2) is 8.48. The fraction of sp³-hybridized carbons (Fsp3) is 0.368. The highest BCUT2D eigenvalue weighted by Gasteiger charge is 2.14. The summed E-state index contributed by atoms with van der Waals surface area (Å²) in [5, 5.41) is 2.93. The third kappa shape index (κ3) is 4.70. The first-order valence-electron chi connectivity index (χ1n) is 8.46. The van der Waals surface area contributed by atoms with Crippen LogP contribution in [0.2, 0.25) is 0 Å². The molecule has 1 amide bonds. The molecule has 1 saturated heterocycles. The summed E-state index contributed by atoms with van der Waals surface area (Å²) in [6.07, 6.45) is 2.42. The van der Waals surface area contributed by atoms with Crippen LogP contribution in [0, 0.1) is 0 Å². The number of nitrogens with zero attached hydrogens (tertiary/aromatic N) is 2. The molecule has 1 aromatic heterocycles. The molecule has 0 bridgehead atoms. The Bertz CT molecular complexity index is 715. The fourth-order valence-corrected chi connectivity index (χ4v) is 2.80. The lowest BCUT2D eigenvalue weighted by Crippen LogP contribution is -2.36. The SMILES string of the molecule is COc1cccc(CCNC(=O)c2cc(N3CCOCC3)ccn2)c1. The number of pyridine rings is 1. The minimum absolute atomic E-state index is 0.155. The van der Waals surface area contributed by atoms with Crippen molar-refractivity contribution in [3.63, 3.8) is 0 Å². The van der Waals surface area contributed by atoms with Crippen molar-refractivity contribution in [2.45, 2.75) is 6.42 Å². The number of benzene rings is 1. The molecule has 0 aliphatic carbocycles. The van der Waals surface area contributed by atoms with Crippen molar-refractivity contribution in [1.82, 2.24) is 10.3 Å². The van der Waals surface area contributed by atoms with Crippen molar-refractivity contribution in [3.8, 4) is 5.75 Å². The van der Waals surface area contributed by atoms with E-state index >= 15 is 0 Å². The van der Waals surface area contributed by atoms with Gasteiger partial charge in [-0.05, 0) is 36.2 Å². The average Bonchev–Trinajstić information content (AvgIpc) is 2.69. The van der Waals surface area contributed by atoms with E-state index in [-0.39, 0.29) is 5.91 Å². The van der Waals surface area contributed by atoms with Crippen molar-refractivity contribution in [1.29, 1.82) is 0 Å². The minimum atomic E-state index is -0.155. The highest BCUT2D eigenvalue weighted by molar-refractivity contribution is 5.93. The Morgan fingerprint density at radius 2 is 2.12 bits per heavy atom. The number of hydrogen-bond donors (Lipinski definition) is 1. The van der Waals surface area contributed by atoms with Crippen LogP contribution >= 0.6 is 0 Å². The van der Waals surface area contributed by atoms with Gasteiger partial charge in [0, 0.05) is 31.5 Å². The molecule has 1 aromatic carbocycles. The topological polar surface area (TPSA) is 63.7 Å². The van der Waals surface area contributed by atoms with Crippen LogP contribution in [0.4, 0.5) is 5.69 Å².